The van der Waals surface area contributed by atoms with Gasteiger partial charge in [0.05, 0.1) is 24.8 Å². The van der Waals surface area contributed by atoms with Crippen molar-refractivity contribution in [2.45, 2.75) is 25.4 Å². The van der Waals surface area contributed by atoms with Gasteiger partial charge in [-0.05, 0) is 64.1 Å². The predicted molar refractivity (Wildman–Crippen MR) is 205 cm³/mol. The molecule has 2 N–H and O–H groups in total. The van der Waals surface area contributed by atoms with Crippen LogP contribution >= 0.6 is 0 Å². The molecular formula is C44H37N3O6. The molecule has 0 aliphatic heterocycles. The van der Waals surface area contributed by atoms with E-state index in [0.717, 1.165) is 33.4 Å². The first kappa shape index (κ1) is 34.7. The quantitative estimate of drug-likeness (QED) is 0.138. The lowest BCUT2D eigenvalue weighted by molar-refractivity contribution is -0.141. The van der Waals surface area contributed by atoms with Gasteiger partial charge in [-0.25, -0.2) is 9.59 Å². The lowest BCUT2D eigenvalue weighted by Crippen LogP contribution is -2.36. The van der Waals surface area contributed by atoms with Crippen LogP contribution in [0.2, 0.25) is 0 Å². The number of benzene rings is 5. The van der Waals surface area contributed by atoms with Crippen LogP contribution < -0.4 is 16.1 Å². The molecule has 264 valence electrons. The van der Waals surface area contributed by atoms with Gasteiger partial charge < -0.3 is 14.7 Å². The Kier molecular flexibility index (Phi) is 9.98. The standard InChI is InChI=1S/C44H37N3O6/c1-2-53-39(48)28-47(41(32-15-5-3-6-16-32)33-17-7-4-8-18-33)35-24-29(23-34(25-35)43(50)51)26-46-27-38(42(49)45-44(46)52)40-36-19-11-9-13-30(36)21-22-31-14-10-12-20-37(31)40/h3-25,27,40-41H,2,26,28H2,1H3,(H,50,51)(H,45,49,52). The third kappa shape index (κ3) is 7.36. The molecular weight excluding hydrogens is 666 g/mol. The Morgan fingerprint density at radius 3 is 1.91 bits per heavy atom. The average Bonchev–Trinajstić information content (AvgIpc) is 3.33. The SMILES string of the molecule is CCOC(=O)CN(c1cc(Cn2cc(C3c4ccccc4C=Cc4ccccc43)c(=O)[nH]c2=O)cc(C(=O)O)c1)C(c1ccccc1)c1ccccc1. The molecule has 1 heterocycles. The number of nitrogens with zero attached hydrogens (tertiary/aromatic N) is 2. The van der Waals surface area contributed by atoms with Crippen molar-refractivity contribution in [3.8, 4) is 0 Å². The summed E-state index contributed by atoms with van der Waals surface area (Å²) in [6.45, 7) is 1.68. The van der Waals surface area contributed by atoms with Crippen LogP contribution in [0.1, 0.15) is 73.7 Å². The van der Waals surface area contributed by atoms with Gasteiger partial charge in [-0.3, -0.25) is 19.1 Å². The van der Waals surface area contributed by atoms with Crippen molar-refractivity contribution in [1.29, 1.82) is 0 Å². The van der Waals surface area contributed by atoms with Crippen molar-refractivity contribution in [1.82, 2.24) is 9.55 Å². The van der Waals surface area contributed by atoms with Gasteiger partial charge in [-0.2, -0.15) is 0 Å². The number of hydrogen-bond donors (Lipinski definition) is 2. The number of carbonyl (C=O) groups excluding carboxylic acids is 1. The molecule has 0 amide bonds. The third-order valence-corrected chi connectivity index (χ3v) is 9.46. The maximum absolute atomic E-state index is 13.6. The minimum absolute atomic E-state index is 0.0263. The molecule has 9 heteroatoms. The Bertz CT molecular complexity index is 2350. The van der Waals surface area contributed by atoms with Crippen molar-refractivity contribution in [3.05, 3.63) is 204 Å². The molecule has 6 aromatic rings. The van der Waals surface area contributed by atoms with Gasteiger partial charge in [-0.15, -0.1) is 0 Å². The van der Waals surface area contributed by atoms with Crippen molar-refractivity contribution >= 4 is 29.8 Å². The number of ether oxygens (including phenoxy) is 1. The Morgan fingerprint density at radius 2 is 1.34 bits per heavy atom. The number of aromatic amines is 1. The normalized spacial score (nSPS) is 12.1. The van der Waals surface area contributed by atoms with Crippen LogP contribution in [0.3, 0.4) is 0 Å². The molecule has 0 radical (unpaired) electrons. The van der Waals surface area contributed by atoms with Crippen molar-refractivity contribution in [2.75, 3.05) is 18.1 Å². The van der Waals surface area contributed by atoms with Crippen LogP contribution in [0, 0.1) is 0 Å². The van der Waals surface area contributed by atoms with Crippen LogP contribution in [-0.4, -0.2) is 39.7 Å². The molecule has 1 aromatic heterocycles. The molecule has 0 fully saturated rings. The number of nitrogens with one attached hydrogen (secondary N) is 1. The van der Waals surface area contributed by atoms with E-state index in [4.69, 9.17) is 4.74 Å². The zero-order chi connectivity index (χ0) is 36.9. The number of fused-ring (bicyclic) bond motifs is 2. The molecule has 0 bridgehead atoms. The highest BCUT2D eigenvalue weighted by molar-refractivity contribution is 5.90. The van der Waals surface area contributed by atoms with Gasteiger partial charge in [0.2, 0.25) is 0 Å². The minimum atomic E-state index is -1.17. The van der Waals surface area contributed by atoms with Gasteiger partial charge in [-0.1, -0.05) is 121 Å². The lowest BCUT2D eigenvalue weighted by Gasteiger charge is -2.34. The zero-order valence-corrected chi connectivity index (χ0v) is 29.0. The Morgan fingerprint density at radius 1 is 0.774 bits per heavy atom. The molecule has 0 spiro atoms. The number of aromatic carboxylic acids is 1. The Hall–Kier alpha value is -6.74. The van der Waals surface area contributed by atoms with Gasteiger partial charge >= 0.3 is 17.6 Å². The van der Waals surface area contributed by atoms with E-state index >= 15 is 0 Å². The predicted octanol–water partition coefficient (Wildman–Crippen LogP) is 7.11. The van der Waals surface area contributed by atoms with Crippen LogP contribution in [0.5, 0.6) is 0 Å². The van der Waals surface area contributed by atoms with E-state index in [1.807, 2.05) is 126 Å². The van der Waals surface area contributed by atoms with Gasteiger partial charge in [0.15, 0.2) is 0 Å². The summed E-state index contributed by atoms with van der Waals surface area (Å²) in [6, 6.07) is 39.3. The number of esters is 1. The van der Waals surface area contributed by atoms with Gasteiger partial charge in [0.1, 0.15) is 6.54 Å². The maximum atomic E-state index is 13.6. The fourth-order valence-corrected chi connectivity index (χ4v) is 7.13. The van der Waals surface area contributed by atoms with E-state index in [2.05, 4.69) is 4.98 Å². The monoisotopic (exact) mass is 703 g/mol. The van der Waals surface area contributed by atoms with Gasteiger partial charge in [0, 0.05) is 23.4 Å². The topological polar surface area (TPSA) is 122 Å². The molecule has 5 aromatic carbocycles. The summed E-state index contributed by atoms with van der Waals surface area (Å²) in [5.41, 5.74) is 5.65. The third-order valence-electron chi connectivity index (χ3n) is 9.46. The number of H-pyrrole nitrogens is 1. The van der Waals surface area contributed by atoms with E-state index < -0.39 is 35.1 Å². The molecule has 0 saturated heterocycles. The first-order valence-electron chi connectivity index (χ1n) is 17.4. The smallest absolute Gasteiger partial charge is 0.335 e. The molecule has 53 heavy (non-hydrogen) atoms. The summed E-state index contributed by atoms with van der Waals surface area (Å²) in [5.74, 6) is -2.13. The highest BCUT2D eigenvalue weighted by Crippen LogP contribution is 2.38. The first-order valence-corrected chi connectivity index (χ1v) is 17.4. The van der Waals surface area contributed by atoms with Crippen LogP contribution in [-0.2, 0) is 16.1 Å². The van der Waals surface area contributed by atoms with E-state index in [0.29, 0.717) is 16.8 Å². The first-order chi connectivity index (χ1) is 25.8. The number of anilines is 1. The minimum Gasteiger partial charge on any atom is -0.478 e. The highest BCUT2D eigenvalue weighted by atomic mass is 16.5. The van der Waals surface area contributed by atoms with Crippen LogP contribution in [0.15, 0.2) is 143 Å². The number of carbonyl (C=O) groups is 2. The number of hydrogen-bond acceptors (Lipinski definition) is 6. The summed E-state index contributed by atoms with van der Waals surface area (Å²) in [4.78, 5) is 57.3. The van der Waals surface area contributed by atoms with Crippen molar-refractivity contribution < 1.29 is 19.4 Å². The number of carboxylic acids is 1. The van der Waals surface area contributed by atoms with E-state index in [1.165, 1.54) is 16.7 Å². The zero-order valence-electron chi connectivity index (χ0n) is 29.0. The number of rotatable bonds is 11. The summed E-state index contributed by atoms with van der Waals surface area (Å²) < 4.78 is 6.79. The average molecular weight is 704 g/mol. The fourth-order valence-electron chi connectivity index (χ4n) is 7.13. The molecule has 1 aliphatic carbocycles. The van der Waals surface area contributed by atoms with Crippen LogP contribution in [0.25, 0.3) is 12.2 Å². The molecule has 9 nitrogen and oxygen atoms in total. The second-order valence-corrected chi connectivity index (χ2v) is 12.8. The summed E-state index contributed by atoms with van der Waals surface area (Å²) >= 11 is 0. The molecule has 7 rings (SSSR count). The summed E-state index contributed by atoms with van der Waals surface area (Å²) in [5, 5.41) is 10.3. The highest BCUT2D eigenvalue weighted by Gasteiger charge is 2.28. The Balaban J connectivity index is 1.36. The van der Waals surface area contributed by atoms with E-state index in [1.54, 1.807) is 19.2 Å². The van der Waals surface area contributed by atoms with Crippen molar-refractivity contribution in [2.24, 2.45) is 0 Å². The van der Waals surface area contributed by atoms with E-state index in [-0.39, 0.29) is 25.3 Å². The number of aromatic nitrogens is 2. The fraction of sp³-hybridized carbons (Fsp3) is 0.136. The maximum Gasteiger partial charge on any atom is 0.335 e. The van der Waals surface area contributed by atoms with E-state index in [9.17, 15) is 24.3 Å². The lowest BCUT2D eigenvalue weighted by atomic mass is 9.83. The molecule has 1 aliphatic rings. The summed E-state index contributed by atoms with van der Waals surface area (Å²) in [7, 11) is 0. The summed E-state index contributed by atoms with van der Waals surface area (Å²) in [6.07, 6.45) is 5.62. The van der Waals surface area contributed by atoms with Gasteiger partial charge in [0.25, 0.3) is 5.56 Å². The molecule has 0 unspecified atom stereocenters. The van der Waals surface area contributed by atoms with Crippen molar-refractivity contribution in [3.63, 3.8) is 0 Å². The Labute approximate surface area is 306 Å². The largest absolute Gasteiger partial charge is 0.478 e. The molecule has 0 atom stereocenters. The number of carboxylic acid groups (broad SMARTS) is 1. The van der Waals surface area contributed by atoms with Crippen LogP contribution in [0.4, 0.5) is 5.69 Å². The molecule has 0 saturated carbocycles. The second kappa shape index (κ2) is 15.2. The second-order valence-electron chi connectivity index (χ2n) is 12.8.